The highest BCUT2D eigenvalue weighted by Crippen LogP contribution is 2.40. The summed E-state index contributed by atoms with van der Waals surface area (Å²) >= 11 is 0. The van der Waals surface area contributed by atoms with Crippen molar-refractivity contribution in [3.63, 3.8) is 0 Å². The zero-order chi connectivity index (χ0) is 17.5. The number of hydrogen-bond donors (Lipinski definition) is 1. The highest BCUT2D eigenvalue weighted by atomic mass is 16.6. The first-order valence-electron chi connectivity index (χ1n) is 8.65. The molecule has 132 valence electrons. The number of nitrogens with one attached hydrogen (secondary N) is 1. The molecule has 1 N–H and O–H groups in total. The van der Waals surface area contributed by atoms with Crippen LogP contribution in [0.15, 0.2) is 30.3 Å². The van der Waals surface area contributed by atoms with Crippen molar-refractivity contribution in [2.45, 2.75) is 51.9 Å². The topological polar surface area (TPSA) is 64.6 Å². The van der Waals surface area contributed by atoms with Gasteiger partial charge in [0, 0.05) is 0 Å². The van der Waals surface area contributed by atoms with E-state index in [1.807, 2.05) is 30.3 Å². The van der Waals surface area contributed by atoms with Crippen LogP contribution >= 0.6 is 0 Å². The van der Waals surface area contributed by atoms with E-state index in [1.54, 1.807) is 14.0 Å². The fourth-order valence-corrected chi connectivity index (χ4v) is 3.01. The maximum Gasteiger partial charge on any atom is 0.347 e. The zero-order valence-corrected chi connectivity index (χ0v) is 14.7. The molecule has 5 heteroatoms. The summed E-state index contributed by atoms with van der Waals surface area (Å²) in [5.74, 6) is -0.0580. The molecule has 0 aliphatic heterocycles. The molecule has 1 aromatic carbocycles. The molecular formula is C19H27NO4. The first-order chi connectivity index (χ1) is 11.6. The van der Waals surface area contributed by atoms with E-state index in [2.05, 4.69) is 12.2 Å². The second kappa shape index (κ2) is 8.83. The fourth-order valence-electron chi connectivity index (χ4n) is 3.01. The Morgan fingerprint density at radius 2 is 1.88 bits per heavy atom. The lowest BCUT2D eigenvalue weighted by Gasteiger charge is -2.25. The third kappa shape index (κ3) is 5.06. The minimum Gasteiger partial charge on any atom is -0.458 e. The number of benzene rings is 1. The van der Waals surface area contributed by atoms with E-state index < -0.39 is 12.1 Å². The molecule has 0 radical (unpaired) electrons. The van der Waals surface area contributed by atoms with Crippen LogP contribution in [0.5, 0.6) is 0 Å². The lowest BCUT2D eigenvalue weighted by atomic mass is 9.92. The Kier molecular flexibility index (Phi) is 6.79. The molecule has 0 spiro atoms. The van der Waals surface area contributed by atoms with Gasteiger partial charge in [0.2, 0.25) is 0 Å². The molecule has 5 nitrogen and oxygen atoms in total. The Labute approximate surface area is 143 Å². The largest absolute Gasteiger partial charge is 0.458 e. The average molecular weight is 333 g/mol. The molecular weight excluding hydrogens is 306 g/mol. The average Bonchev–Trinajstić information content (AvgIpc) is 3.42. The van der Waals surface area contributed by atoms with Crippen LogP contribution in [-0.2, 0) is 25.7 Å². The Bertz CT molecular complexity index is 542. The quantitative estimate of drug-likeness (QED) is 0.704. The summed E-state index contributed by atoms with van der Waals surface area (Å²) in [7, 11) is 1.76. The van der Waals surface area contributed by atoms with Crippen LogP contribution in [0.1, 0.15) is 38.7 Å². The fraction of sp³-hybridized carbons (Fsp3) is 0.579. The van der Waals surface area contributed by atoms with Gasteiger partial charge in [0.15, 0.2) is 6.10 Å². The first-order valence-corrected chi connectivity index (χ1v) is 8.65. The van der Waals surface area contributed by atoms with Gasteiger partial charge in [0.1, 0.15) is 12.6 Å². The zero-order valence-electron chi connectivity index (χ0n) is 14.7. The summed E-state index contributed by atoms with van der Waals surface area (Å²) in [5.41, 5.74) is 0.900. The van der Waals surface area contributed by atoms with Crippen LogP contribution in [0, 0.1) is 11.8 Å². The standard InChI is InChI=1S/C19H27NO4/c1-4-16(15-10-11-15)17(20-3)19(22)24-13(2)18(21)23-12-14-8-6-5-7-9-14/h5-9,13,15-17,20H,4,10-12H2,1-3H3/t13-,16?,17+/m1/s1. The Morgan fingerprint density at radius 3 is 2.42 bits per heavy atom. The van der Waals surface area contributed by atoms with Crippen molar-refractivity contribution < 1.29 is 19.1 Å². The van der Waals surface area contributed by atoms with Crippen LogP contribution in [0.3, 0.4) is 0 Å². The Balaban J connectivity index is 1.83. The smallest absolute Gasteiger partial charge is 0.347 e. The van der Waals surface area contributed by atoms with Gasteiger partial charge in [-0.1, -0.05) is 43.7 Å². The van der Waals surface area contributed by atoms with E-state index in [0.717, 1.165) is 12.0 Å². The van der Waals surface area contributed by atoms with E-state index in [0.29, 0.717) is 5.92 Å². The summed E-state index contributed by atoms with van der Waals surface area (Å²) in [4.78, 5) is 24.4. The lowest BCUT2D eigenvalue weighted by molar-refractivity contribution is -0.169. The van der Waals surface area contributed by atoms with E-state index in [4.69, 9.17) is 9.47 Å². The molecule has 0 saturated heterocycles. The van der Waals surface area contributed by atoms with Crippen LogP contribution in [0.4, 0.5) is 0 Å². The summed E-state index contributed by atoms with van der Waals surface area (Å²) in [6.07, 6.45) is 2.34. The summed E-state index contributed by atoms with van der Waals surface area (Å²) in [6, 6.07) is 9.05. The van der Waals surface area contributed by atoms with Crippen molar-refractivity contribution in [1.29, 1.82) is 0 Å². The van der Waals surface area contributed by atoms with E-state index >= 15 is 0 Å². The molecule has 1 fully saturated rings. The molecule has 0 aromatic heterocycles. The van der Waals surface area contributed by atoms with Crippen molar-refractivity contribution in [2.75, 3.05) is 7.05 Å². The van der Waals surface area contributed by atoms with Crippen LogP contribution in [-0.4, -0.2) is 31.1 Å². The van der Waals surface area contributed by atoms with Crippen molar-refractivity contribution in [3.05, 3.63) is 35.9 Å². The molecule has 2 rings (SSSR count). The monoisotopic (exact) mass is 333 g/mol. The third-order valence-electron chi connectivity index (χ3n) is 4.54. The molecule has 0 amide bonds. The molecule has 1 saturated carbocycles. The van der Waals surface area contributed by atoms with Gasteiger partial charge in [0.25, 0.3) is 0 Å². The number of likely N-dealkylation sites (N-methyl/N-ethyl adjacent to an activating group) is 1. The number of hydrogen-bond acceptors (Lipinski definition) is 5. The summed E-state index contributed by atoms with van der Waals surface area (Å²) in [6.45, 7) is 3.81. The van der Waals surface area contributed by atoms with E-state index in [-0.39, 0.29) is 24.5 Å². The van der Waals surface area contributed by atoms with Crippen LogP contribution < -0.4 is 5.32 Å². The van der Waals surface area contributed by atoms with Crippen LogP contribution in [0.25, 0.3) is 0 Å². The first kappa shape index (κ1) is 18.5. The number of esters is 2. The highest BCUT2D eigenvalue weighted by molar-refractivity contribution is 5.81. The third-order valence-corrected chi connectivity index (χ3v) is 4.54. The van der Waals surface area contributed by atoms with Gasteiger partial charge in [-0.25, -0.2) is 4.79 Å². The van der Waals surface area contributed by atoms with Crippen molar-refractivity contribution >= 4 is 11.9 Å². The maximum atomic E-state index is 12.4. The molecule has 24 heavy (non-hydrogen) atoms. The van der Waals surface area contributed by atoms with Gasteiger partial charge in [0.05, 0.1) is 0 Å². The van der Waals surface area contributed by atoms with E-state index in [1.165, 1.54) is 12.8 Å². The second-order valence-corrected chi connectivity index (χ2v) is 6.35. The predicted octanol–water partition coefficient (Wildman–Crippen LogP) is 2.69. The molecule has 1 aliphatic carbocycles. The Hall–Kier alpha value is -1.88. The summed E-state index contributed by atoms with van der Waals surface area (Å²) in [5, 5.41) is 3.05. The Morgan fingerprint density at radius 1 is 1.21 bits per heavy atom. The van der Waals surface area contributed by atoms with Crippen molar-refractivity contribution in [1.82, 2.24) is 5.32 Å². The minimum atomic E-state index is -0.909. The van der Waals surface area contributed by atoms with Gasteiger partial charge in [-0.3, -0.25) is 4.79 Å². The normalized spacial score (nSPS) is 17.6. The lowest BCUT2D eigenvalue weighted by Crippen LogP contribution is -2.44. The number of carbonyl (C=O) groups excluding carboxylic acids is 2. The highest BCUT2D eigenvalue weighted by Gasteiger charge is 2.39. The van der Waals surface area contributed by atoms with Gasteiger partial charge < -0.3 is 14.8 Å². The minimum absolute atomic E-state index is 0.177. The van der Waals surface area contributed by atoms with Crippen molar-refractivity contribution in [2.24, 2.45) is 11.8 Å². The van der Waals surface area contributed by atoms with Gasteiger partial charge >= 0.3 is 11.9 Å². The van der Waals surface area contributed by atoms with Crippen LogP contribution in [0.2, 0.25) is 0 Å². The molecule has 0 bridgehead atoms. The maximum absolute atomic E-state index is 12.4. The number of rotatable bonds is 9. The number of ether oxygens (including phenoxy) is 2. The molecule has 3 atom stereocenters. The van der Waals surface area contributed by atoms with Gasteiger partial charge in [-0.15, -0.1) is 0 Å². The predicted molar refractivity (Wildman–Crippen MR) is 91.1 cm³/mol. The van der Waals surface area contributed by atoms with Gasteiger partial charge in [-0.05, 0) is 44.2 Å². The number of carbonyl (C=O) groups is 2. The molecule has 0 heterocycles. The molecule has 1 aromatic rings. The molecule has 1 unspecified atom stereocenters. The second-order valence-electron chi connectivity index (χ2n) is 6.35. The SMILES string of the molecule is CCC(C1CC1)[C@H](NC)C(=O)O[C@H](C)C(=O)OCc1ccccc1. The summed E-state index contributed by atoms with van der Waals surface area (Å²) < 4.78 is 10.6. The molecule has 1 aliphatic rings. The van der Waals surface area contributed by atoms with Gasteiger partial charge in [-0.2, -0.15) is 0 Å². The van der Waals surface area contributed by atoms with Crippen molar-refractivity contribution in [3.8, 4) is 0 Å². The van der Waals surface area contributed by atoms with E-state index in [9.17, 15) is 9.59 Å².